The van der Waals surface area contributed by atoms with Gasteiger partial charge in [-0.3, -0.25) is 4.98 Å². The SMILES string of the molecule is C[n+]1cccnc1-c1cnccc1I. The lowest BCUT2D eigenvalue weighted by Gasteiger charge is -1.99. The highest BCUT2D eigenvalue weighted by Crippen LogP contribution is 2.18. The molecule has 70 valence electrons. The van der Waals surface area contributed by atoms with Crippen LogP contribution in [-0.4, -0.2) is 9.97 Å². The summed E-state index contributed by atoms with van der Waals surface area (Å²) in [7, 11) is 1.98. The Bertz CT molecular complexity index is 413. The van der Waals surface area contributed by atoms with Crippen molar-refractivity contribution in [2.75, 3.05) is 0 Å². The van der Waals surface area contributed by atoms with Crippen LogP contribution in [0.4, 0.5) is 0 Å². The van der Waals surface area contributed by atoms with E-state index in [9.17, 15) is 0 Å². The van der Waals surface area contributed by atoms with Crippen LogP contribution in [-0.2, 0) is 7.05 Å². The van der Waals surface area contributed by atoms with Crippen LogP contribution in [0.5, 0.6) is 0 Å². The maximum atomic E-state index is 4.33. The summed E-state index contributed by atoms with van der Waals surface area (Å²) in [6.45, 7) is 0. The van der Waals surface area contributed by atoms with Gasteiger partial charge in [0.15, 0.2) is 0 Å². The van der Waals surface area contributed by atoms with Crippen LogP contribution >= 0.6 is 22.6 Å². The highest BCUT2D eigenvalue weighted by Gasteiger charge is 2.14. The van der Waals surface area contributed by atoms with Crippen molar-refractivity contribution in [3.63, 3.8) is 0 Å². The standard InChI is InChI=1S/C10H9IN3/c1-14-6-2-4-13-10(14)8-7-12-5-3-9(8)11/h2-7H,1H3/q+1. The summed E-state index contributed by atoms with van der Waals surface area (Å²) >= 11 is 2.29. The first-order valence-electron chi connectivity index (χ1n) is 4.19. The van der Waals surface area contributed by atoms with Crippen molar-refractivity contribution in [2.24, 2.45) is 7.05 Å². The van der Waals surface area contributed by atoms with Gasteiger partial charge in [-0.1, -0.05) is 0 Å². The van der Waals surface area contributed by atoms with Crippen molar-refractivity contribution in [3.8, 4) is 11.4 Å². The number of halogens is 1. The number of aromatic nitrogens is 3. The highest BCUT2D eigenvalue weighted by atomic mass is 127. The second-order valence-corrected chi connectivity index (χ2v) is 4.07. The predicted molar refractivity (Wildman–Crippen MR) is 61.4 cm³/mol. The Morgan fingerprint density at radius 1 is 1.36 bits per heavy atom. The molecule has 0 atom stereocenters. The zero-order valence-corrected chi connectivity index (χ0v) is 9.84. The summed E-state index contributed by atoms with van der Waals surface area (Å²) in [5.74, 6) is 0.935. The molecule has 0 radical (unpaired) electrons. The molecule has 0 bridgehead atoms. The van der Waals surface area contributed by atoms with Crippen molar-refractivity contribution < 1.29 is 4.57 Å². The molecule has 2 aromatic rings. The Labute approximate surface area is 96.0 Å². The smallest absolute Gasteiger partial charge is 0.264 e. The number of hydrogen-bond donors (Lipinski definition) is 0. The van der Waals surface area contributed by atoms with Gasteiger partial charge in [-0.2, -0.15) is 0 Å². The van der Waals surface area contributed by atoms with E-state index < -0.39 is 0 Å². The Morgan fingerprint density at radius 2 is 2.21 bits per heavy atom. The van der Waals surface area contributed by atoms with Crippen molar-refractivity contribution >= 4 is 22.6 Å². The molecule has 2 rings (SSSR count). The third kappa shape index (κ3) is 1.75. The van der Waals surface area contributed by atoms with Crippen molar-refractivity contribution in [1.29, 1.82) is 0 Å². The Kier molecular flexibility index (Phi) is 2.72. The molecule has 0 saturated heterocycles. The molecular weight excluding hydrogens is 289 g/mol. The molecule has 4 heteroatoms. The highest BCUT2D eigenvalue weighted by molar-refractivity contribution is 14.1. The van der Waals surface area contributed by atoms with Crippen LogP contribution < -0.4 is 4.57 Å². The van der Waals surface area contributed by atoms with Gasteiger partial charge in [0.25, 0.3) is 0 Å². The summed E-state index contributed by atoms with van der Waals surface area (Å²) in [6, 6.07) is 3.89. The summed E-state index contributed by atoms with van der Waals surface area (Å²) in [4.78, 5) is 8.43. The molecule has 0 fully saturated rings. The van der Waals surface area contributed by atoms with E-state index in [1.807, 2.05) is 36.1 Å². The van der Waals surface area contributed by atoms with Crippen LogP contribution in [0.25, 0.3) is 11.4 Å². The third-order valence-electron chi connectivity index (χ3n) is 1.94. The molecule has 0 aliphatic heterocycles. The average Bonchev–Trinajstić information content (AvgIpc) is 2.20. The molecule has 0 aromatic carbocycles. The Hall–Kier alpha value is -1.04. The van der Waals surface area contributed by atoms with E-state index in [1.54, 1.807) is 12.4 Å². The molecule has 2 aromatic heterocycles. The topological polar surface area (TPSA) is 29.7 Å². The molecule has 0 amide bonds. The van der Waals surface area contributed by atoms with Crippen LogP contribution in [0.2, 0.25) is 0 Å². The predicted octanol–water partition coefficient (Wildman–Crippen LogP) is 1.57. The number of aryl methyl sites for hydroxylation is 1. The normalized spacial score (nSPS) is 10.1. The first-order chi connectivity index (χ1) is 6.79. The quantitative estimate of drug-likeness (QED) is 0.591. The van der Waals surface area contributed by atoms with Crippen molar-refractivity contribution in [3.05, 3.63) is 40.5 Å². The van der Waals surface area contributed by atoms with Gasteiger partial charge < -0.3 is 0 Å². The maximum absolute atomic E-state index is 4.33. The molecule has 0 saturated carbocycles. The first-order valence-corrected chi connectivity index (χ1v) is 5.27. The Morgan fingerprint density at radius 3 is 2.93 bits per heavy atom. The van der Waals surface area contributed by atoms with Gasteiger partial charge in [0.1, 0.15) is 6.20 Å². The van der Waals surface area contributed by atoms with Gasteiger partial charge >= 0.3 is 5.82 Å². The van der Waals surface area contributed by atoms with Crippen LogP contribution in [0, 0.1) is 3.57 Å². The van der Waals surface area contributed by atoms with Crippen LogP contribution in [0.15, 0.2) is 36.9 Å². The minimum absolute atomic E-state index is 0.935. The van der Waals surface area contributed by atoms with E-state index in [1.165, 1.54) is 0 Å². The molecule has 2 heterocycles. The summed E-state index contributed by atoms with van der Waals surface area (Å²) in [5, 5.41) is 0. The fraction of sp³-hybridized carbons (Fsp3) is 0.100. The largest absolute Gasteiger partial charge is 0.332 e. The lowest BCUT2D eigenvalue weighted by atomic mass is 10.2. The molecule has 3 nitrogen and oxygen atoms in total. The summed E-state index contributed by atoms with van der Waals surface area (Å²) in [6.07, 6.45) is 7.39. The monoisotopic (exact) mass is 298 g/mol. The van der Waals surface area contributed by atoms with E-state index in [0.29, 0.717) is 0 Å². The van der Waals surface area contributed by atoms with Gasteiger partial charge in [0, 0.05) is 22.0 Å². The Balaban J connectivity index is 2.61. The fourth-order valence-electron chi connectivity index (χ4n) is 1.24. The molecule has 0 spiro atoms. The molecule has 0 aliphatic carbocycles. The lowest BCUT2D eigenvalue weighted by Crippen LogP contribution is -2.31. The van der Waals surface area contributed by atoms with Gasteiger partial charge in [-0.15, -0.1) is 0 Å². The van der Waals surface area contributed by atoms with E-state index in [2.05, 4.69) is 32.6 Å². The van der Waals surface area contributed by atoms with E-state index in [-0.39, 0.29) is 0 Å². The molecule has 14 heavy (non-hydrogen) atoms. The summed E-state index contributed by atoms with van der Waals surface area (Å²) in [5.41, 5.74) is 1.07. The minimum atomic E-state index is 0.935. The van der Waals surface area contributed by atoms with E-state index in [4.69, 9.17) is 0 Å². The van der Waals surface area contributed by atoms with Crippen molar-refractivity contribution in [2.45, 2.75) is 0 Å². The number of rotatable bonds is 1. The second kappa shape index (κ2) is 4.00. The second-order valence-electron chi connectivity index (χ2n) is 2.91. The van der Waals surface area contributed by atoms with Gasteiger partial charge in [-0.05, 0) is 33.6 Å². The third-order valence-corrected chi connectivity index (χ3v) is 2.88. The van der Waals surface area contributed by atoms with E-state index >= 15 is 0 Å². The number of hydrogen-bond acceptors (Lipinski definition) is 2. The van der Waals surface area contributed by atoms with Gasteiger partial charge in [0.2, 0.25) is 0 Å². The minimum Gasteiger partial charge on any atom is -0.264 e. The zero-order chi connectivity index (χ0) is 9.97. The molecule has 0 aliphatic rings. The maximum Gasteiger partial charge on any atom is 0.332 e. The first kappa shape index (κ1) is 9.51. The van der Waals surface area contributed by atoms with Crippen LogP contribution in [0.1, 0.15) is 0 Å². The molecular formula is C10H9IN3+. The fourth-order valence-corrected chi connectivity index (χ4v) is 1.79. The van der Waals surface area contributed by atoms with Crippen LogP contribution in [0.3, 0.4) is 0 Å². The van der Waals surface area contributed by atoms with E-state index in [0.717, 1.165) is 15.0 Å². The number of pyridine rings is 1. The zero-order valence-electron chi connectivity index (χ0n) is 7.68. The van der Waals surface area contributed by atoms with Gasteiger partial charge in [-0.25, -0.2) is 4.57 Å². The molecule has 0 N–H and O–H groups in total. The van der Waals surface area contributed by atoms with Gasteiger partial charge in [0.05, 0.1) is 18.8 Å². The lowest BCUT2D eigenvalue weighted by molar-refractivity contribution is -0.663. The molecule has 0 unspecified atom stereocenters. The number of nitrogens with zero attached hydrogens (tertiary/aromatic N) is 3. The van der Waals surface area contributed by atoms with Crippen molar-refractivity contribution in [1.82, 2.24) is 9.97 Å². The average molecular weight is 298 g/mol. The summed E-state index contributed by atoms with van der Waals surface area (Å²) < 4.78 is 3.14.